The second-order valence-corrected chi connectivity index (χ2v) is 4.04. The molecule has 5 nitrogen and oxygen atoms in total. The van der Waals surface area contributed by atoms with Crippen LogP contribution in [0.1, 0.15) is 36.2 Å². The second kappa shape index (κ2) is 2.90. The second-order valence-electron chi connectivity index (χ2n) is 4.04. The average Bonchev–Trinajstić information content (AvgIpc) is 2.87. The summed E-state index contributed by atoms with van der Waals surface area (Å²) in [6, 6.07) is 0. The Morgan fingerprint density at radius 3 is 2.13 bits per heavy atom. The van der Waals surface area contributed by atoms with Gasteiger partial charge in [0.25, 0.3) is 0 Å². The van der Waals surface area contributed by atoms with Crippen LogP contribution in [0.2, 0.25) is 0 Å². The number of ether oxygens (including phenoxy) is 1. The van der Waals surface area contributed by atoms with Crippen molar-refractivity contribution in [1.29, 1.82) is 0 Å². The van der Waals surface area contributed by atoms with E-state index < -0.39 is 0 Å². The molecule has 1 fully saturated rings. The Balaban J connectivity index is 2.15. The van der Waals surface area contributed by atoms with Gasteiger partial charge in [-0.15, -0.1) is 0 Å². The molecular weight excluding hydrogens is 198 g/mol. The number of hydrogen-bond donors (Lipinski definition) is 3. The predicted molar refractivity (Wildman–Crippen MR) is 50.6 cm³/mol. The van der Waals surface area contributed by atoms with Gasteiger partial charge in [-0.25, -0.2) is 0 Å². The highest BCUT2D eigenvalue weighted by Crippen LogP contribution is 2.57. The van der Waals surface area contributed by atoms with Crippen LogP contribution in [0.15, 0.2) is 0 Å². The third-order valence-electron chi connectivity index (χ3n) is 3.27. The van der Waals surface area contributed by atoms with Crippen molar-refractivity contribution in [3.8, 4) is 11.8 Å². The van der Waals surface area contributed by atoms with Gasteiger partial charge in [0.05, 0.1) is 36.5 Å². The molecule has 0 aliphatic carbocycles. The van der Waals surface area contributed by atoms with Crippen LogP contribution in [-0.2, 0) is 11.3 Å². The van der Waals surface area contributed by atoms with Crippen molar-refractivity contribution in [2.75, 3.05) is 6.61 Å². The average molecular weight is 211 g/mol. The van der Waals surface area contributed by atoms with Crippen molar-refractivity contribution in [2.45, 2.75) is 31.6 Å². The molecule has 3 rings (SSSR count). The Bertz CT molecular complexity index is 379. The number of fused-ring (bicyclic) bond motifs is 5. The van der Waals surface area contributed by atoms with Crippen LogP contribution in [0.4, 0.5) is 0 Å². The lowest BCUT2D eigenvalue weighted by Gasteiger charge is -2.08. The standard InChI is InChI=1S/C10H13NO4/c12-4-3-11-9(13)7-5-1-2-6(15-5)8(7)10(11)14/h5-6,12-14H,1-4H2/t5-,6+. The number of aliphatic hydroxyl groups excluding tert-OH is 1. The van der Waals surface area contributed by atoms with Gasteiger partial charge in [0, 0.05) is 0 Å². The highest BCUT2D eigenvalue weighted by Gasteiger charge is 2.45. The number of nitrogens with zero attached hydrogens (tertiary/aromatic N) is 1. The number of aromatic nitrogens is 1. The van der Waals surface area contributed by atoms with E-state index in [0.29, 0.717) is 0 Å². The summed E-state index contributed by atoms with van der Waals surface area (Å²) >= 11 is 0. The van der Waals surface area contributed by atoms with Gasteiger partial charge in [0.2, 0.25) is 0 Å². The molecule has 15 heavy (non-hydrogen) atoms. The maximum absolute atomic E-state index is 9.90. The molecule has 0 radical (unpaired) electrons. The highest BCUT2D eigenvalue weighted by atomic mass is 16.5. The molecule has 3 N–H and O–H groups in total. The van der Waals surface area contributed by atoms with Crippen molar-refractivity contribution in [3.63, 3.8) is 0 Å². The van der Waals surface area contributed by atoms with Crippen molar-refractivity contribution in [3.05, 3.63) is 11.1 Å². The lowest BCUT2D eigenvalue weighted by Crippen LogP contribution is -2.02. The fourth-order valence-corrected chi connectivity index (χ4v) is 2.64. The van der Waals surface area contributed by atoms with Gasteiger partial charge in [-0.05, 0) is 12.8 Å². The molecule has 3 heterocycles. The van der Waals surface area contributed by atoms with Crippen molar-refractivity contribution in [2.24, 2.45) is 0 Å². The number of hydrogen-bond acceptors (Lipinski definition) is 4. The summed E-state index contributed by atoms with van der Waals surface area (Å²) in [7, 11) is 0. The Morgan fingerprint density at radius 2 is 1.67 bits per heavy atom. The molecule has 1 saturated heterocycles. The minimum atomic E-state index is -0.106. The smallest absolute Gasteiger partial charge is 0.200 e. The van der Waals surface area contributed by atoms with Crippen LogP contribution in [0.25, 0.3) is 0 Å². The molecule has 0 aromatic carbocycles. The third-order valence-corrected chi connectivity index (χ3v) is 3.27. The number of aromatic hydroxyl groups is 2. The van der Waals surface area contributed by atoms with E-state index in [4.69, 9.17) is 9.84 Å². The molecule has 1 aromatic rings. The van der Waals surface area contributed by atoms with Crippen LogP contribution >= 0.6 is 0 Å². The topological polar surface area (TPSA) is 74.9 Å². The normalized spacial score (nSPS) is 27.3. The van der Waals surface area contributed by atoms with Gasteiger partial charge >= 0.3 is 0 Å². The Kier molecular flexibility index (Phi) is 1.75. The van der Waals surface area contributed by atoms with Crippen LogP contribution in [-0.4, -0.2) is 26.5 Å². The molecule has 5 heteroatoms. The van der Waals surface area contributed by atoms with E-state index in [9.17, 15) is 10.2 Å². The Morgan fingerprint density at radius 1 is 1.13 bits per heavy atom. The highest BCUT2D eigenvalue weighted by molar-refractivity contribution is 5.51. The van der Waals surface area contributed by atoms with Gasteiger partial charge < -0.3 is 20.1 Å². The van der Waals surface area contributed by atoms with Crippen molar-refractivity contribution >= 4 is 0 Å². The van der Waals surface area contributed by atoms with Crippen LogP contribution in [0.5, 0.6) is 11.8 Å². The first-order valence-corrected chi connectivity index (χ1v) is 5.14. The lowest BCUT2D eigenvalue weighted by molar-refractivity contribution is 0.0675. The number of aliphatic hydroxyl groups is 1. The summed E-state index contributed by atoms with van der Waals surface area (Å²) in [5.41, 5.74) is 1.44. The lowest BCUT2D eigenvalue weighted by atomic mass is 9.95. The molecule has 2 aliphatic heterocycles. The summed E-state index contributed by atoms with van der Waals surface area (Å²) < 4.78 is 6.93. The molecule has 0 amide bonds. The van der Waals surface area contributed by atoms with E-state index in [1.54, 1.807) is 0 Å². The summed E-state index contributed by atoms with van der Waals surface area (Å²) in [6.45, 7) is 0.106. The molecule has 0 saturated carbocycles. The SMILES string of the molecule is OCCn1c(O)c2c(c1O)[C@H]1CC[C@@H]2O1. The molecule has 82 valence electrons. The summed E-state index contributed by atoms with van der Waals surface area (Å²) in [6.07, 6.45) is 1.65. The van der Waals surface area contributed by atoms with Crippen LogP contribution < -0.4 is 0 Å². The quantitative estimate of drug-likeness (QED) is 0.676. The zero-order valence-electron chi connectivity index (χ0n) is 8.18. The molecular formula is C10H13NO4. The van der Waals surface area contributed by atoms with E-state index >= 15 is 0 Å². The molecule has 1 aromatic heterocycles. The van der Waals surface area contributed by atoms with Crippen LogP contribution in [0.3, 0.4) is 0 Å². The minimum Gasteiger partial charge on any atom is -0.494 e. The molecule has 0 spiro atoms. The van der Waals surface area contributed by atoms with E-state index in [-0.39, 0.29) is 37.1 Å². The van der Waals surface area contributed by atoms with Crippen molar-refractivity contribution < 1.29 is 20.1 Å². The summed E-state index contributed by atoms with van der Waals surface area (Å²) in [5, 5.41) is 28.6. The maximum atomic E-state index is 9.90. The first-order chi connectivity index (χ1) is 7.24. The molecule has 0 unspecified atom stereocenters. The van der Waals surface area contributed by atoms with Gasteiger partial charge in [-0.3, -0.25) is 4.57 Å². The summed E-state index contributed by atoms with van der Waals surface area (Å²) in [4.78, 5) is 0. The third kappa shape index (κ3) is 0.992. The zero-order chi connectivity index (χ0) is 10.6. The van der Waals surface area contributed by atoms with E-state index in [2.05, 4.69) is 0 Å². The fraction of sp³-hybridized carbons (Fsp3) is 0.600. The largest absolute Gasteiger partial charge is 0.494 e. The predicted octanol–water partition coefficient (Wildman–Crippen LogP) is 0.798. The molecule has 2 atom stereocenters. The van der Waals surface area contributed by atoms with E-state index in [0.717, 1.165) is 24.0 Å². The Labute approximate surface area is 86.5 Å². The van der Waals surface area contributed by atoms with Gasteiger partial charge in [0.1, 0.15) is 0 Å². The zero-order valence-corrected chi connectivity index (χ0v) is 8.18. The molecule has 2 bridgehead atoms. The van der Waals surface area contributed by atoms with Crippen molar-refractivity contribution in [1.82, 2.24) is 4.57 Å². The van der Waals surface area contributed by atoms with E-state index in [1.807, 2.05) is 0 Å². The number of rotatable bonds is 2. The van der Waals surface area contributed by atoms with Crippen LogP contribution in [0, 0.1) is 0 Å². The first kappa shape index (κ1) is 9.06. The maximum Gasteiger partial charge on any atom is 0.200 e. The van der Waals surface area contributed by atoms with E-state index in [1.165, 1.54) is 4.57 Å². The Hall–Kier alpha value is -1.20. The first-order valence-electron chi connectivity index (χ1n) is 5.14. The van der Waals surface area contributed by atoms with Gasteiger partial charge in [-0.1, -0.05) is 0 Å². The molecule has 2 aliphatic rings. The van der Waals surface area contributed by atoms with Gasteiger partial charge in [0.15, 0.2) is 11.8 Å². The summed E-state index contributed by atoms with van der Waals surface area (Å²) in [5.74, 6) is 0.0903. The monoisotopic (exact) mass is 211 g/mol. The van der Waals surface area contributed by atoms with Gasteiger partial charge in [-0.2, -0.15) is 0 Å². The fourth-order valence-electron chi connectivity index (χ4n) is 2.64. The minimum absolute atomic E-state index is 0.0451.